The molecule has 2 heterocycles. The number of alkyl halides is 3. The van der Waals surface area contributed by atoms with E-state index in [-0.39, 0.29) is 36.1 Å². The number of pyridine rings is 1. The van der Waals surface area contributed by atoms with E-state index in [0.29, 0.717) is 22.7 Å². The minimum Gasteiger partial charge on any atom is -0.496 e. The second-order valence-corrected chi connectivity index (χ2v) is 9.52. The first-order chi connectivity index (χ1) is 15.3. The Hall–Kier alpha value is -3.10. The van der Waals surface area contributed by atoms with E-state index >= 15 is 0 Å². The molecule has 4 rings (SSSR count). The summed E-state index contributed by atoms with van der Waals surface area (Å²) in [7, 11) is 1.54. The van der Waals surface area contributed by atoms with E-state index in [1.54, 1.807) is 22.9 Å². The smallest absolute Gasteiger partial charge is 0.411 e. The highest BCUT2D eigenvalue weighted by Crippen LogP contribution is 2.49. The Bertz CT molecular complexity index is 1220. The summed E-state index contributed by atoms with van der Waals surface area (Å²) in [6.07, 6.45) is -1.30. The molecule has 9 heteroatoms. The number of aromatic nitrogens is 2. The first kappa shape index (κ1) is 23.1. The van der Waals surface area contributed by atoms with Gasteiger partial charge in [-0.05, 0) is 48.1 Å². The van der Waals surface area contributed by atoms with Crippen molar-refractivity contribution in [2.45, 2.75) is 57.2 Å². The number of imidazole rings is 1. The van der Waals surface area contributed by atoms with Crippen LogP contribution in [0.1, 0.15) is 60.8 Å². The molecule has 0 bridgehead atoms. The van der Waals surface area contributed by atoms with Gasteiger partial charge in [-0.25, -0.2) is 9.37 Å². The minimum atomic E-state index is -4.49. The van der Waals surface area contributed by atoms with Crippen LogP contribution >= 0.6 is 0 Å². The summed E-state index contributed by atoms with van der Waals surface area (Å²) in [6, 6.07) is 5.98. The van der Waals surface area contributed by atoms with E-state index in [1.165, 1.54) is 25.3 Å². The zero-order valence-corrected chi connectivity index (χ0v) is 18.8. The molecule has 0 unspecified atom stereocenters. The number of hydrogen-bond acceptors (Lipinski definition) is 3. The van der Waals surface area contributed by atoms with E-state index in [0.717, 1.165) is 5.56 Å². The van der Waals surface area contributed by atoms with Crippen molar-refractivity contribution in [2.24, 2.45) is 0 Å². The van der Waals surface area contributed by atoms with Gasteiger partial charge in [0.1, 0.15) is 22.8 Å². The summed E-state index contributed by atoms with van der Waals surface area (Å²) in [5, 5.41) is 2.11. The highest BCUT2D eigenvalue weighted by atomic mass is 19.4. The van der Waals surface area contributed by atoms with Crippen molar-refractivity contribution < 1.29 is 27.1 Å². The van der Waals surface area contributed by atoms with E-state index in [9.17, 15) is 22.4 Å². The van der Waals surface area contributed by atoms with Crippen molar-refractivity contribution in [3.63, 3.8) is 0 Å². The number of amides is 1. The second kappa shape index (κ2) is 7.74. The van der Waals surface area contributed by atoms with Gasteiger partial charge in [-0.3, -0.25) is 4.79 Å². The van der Waals surface area contributed by atoms with Gasteiger partial charge in [0.15, 0.2) is 0 Å². The van der Waals surface area contributed by atoms with Gasteiger partial charge in [0.2, 0.25) is 0 Å². The lowest BCUT2D eigenvalue weighted by atomic mass is 9.85. The van der Waals surface area contributed by atoms with Gasteiger partial charge < -0.3 is 14.5 Å². The summed E-state index contributed by atoms with van der Waals surface area (Å²) >= 11 is 0. The molecule has 1 amide bonds. The maximum Gasteiger partial charge on any atom is 0.411 e. The van der Waals surface area contributed by atoms with Gasteiger partial charge in [-0.2, -0.15) is 13.2 Å². The van der Waals surface area contributed by atoms with Crippen LogP contribution in [0.25, 0.3) is 5.65 Å². The van der Waals surface area contributed by atoms with Crippen molar-refractivity contribution in [3.8, 4) is 5.75 Å². The number of hydrogen-bond donors (Lipinski definition) is 1. The van der Waals surface area contributed by atoms with Crippen LogP contribution in [-0.4, -0.2) is 34.1 Å². The highest BCUT2D eigenvalue weighted by Gasteiger charge is 2.64. The number of nitrogens with zero attached hydrogens (tertiary/aromatic N) is 2. The number of methoxy groups -OCH3 is 1. The van der Waals surface area contributed by atoms with Gasteiger partial charge in [0.25, 0.3) is 5.91 Å². The lowest BCUT2D eigenvalue weighted by molar-refractivity contribution is -0.163. The van der Waals surface area contributed by atoms with Crippen LogP contribution in [0.4, 0.5) is 17.6 Å². The third-order valence-corrected chi connectivity index (χ3v) is 5.97. The number of halogens is 4. The summed E-state index contributed by atoms with van der Waals surface area (Å²) in [4.78, 5) is 16.8. The fourth-order valence-corrected chi connectivity index (χ4v) is 3.84. The number of carbonyl (C=O) groups excluding carboxylic acids is 1. The molecule has 33 heavy (non-hydrogen) atoms. The Morgan fingerprint density at radius 3 is 2.48 bits per heavy atom. The van der Waals surface area contributed by atoms with Crippen molar-refractivity contribution in [2.75, 3.05) is 7.11 Å². The van der Waals surface area contributed by atoms with Crippen molar-refractivity contribution in [3.05, 3.63) is 64.9 Å². The largest absolute Gasteiger partial charge is 0.496 e. The number of nitrogens with one attached hydrogen (secondary N) is 1. The SMILES string of the molecule is COc1cc(Cc2cn3ccc(C(=O)NC4(C(F)(F)F)CC4)cc3n2)c(F)cc1C(C)(C)C. The van der Waals surface area contributed by atoms with E-state index in [4.69, 9.17) is 4.74 Å². The fourth-order valence-electron chi connectivity index (χ4n) is 3.84. The Balaban J connectivity index is 1.58. The Kier molecular flexibility index (Phi) is 5.41. The molecule has 1 aliphatic carbocycles. The number of ether oxygens (including phenoxy) is 1. The molecular formula is C24H25F4N3O2. The van der Waals surface area contributed by atoms with E-state index in [2.05, 4.69) is 10.3 Å². The molecular weight excluding hydrogens is 438 g/mol. The number of fused-ring (bicyclic) bond motifs is 1. The average molecular weight is 463 g/mol. The molecule has 1 saturated carbocycles. The molecule has 5 nitrogen and oxygen atoms in total. The van der Waals surface area contributed by atoms with Gasteiger partial charge in [-0.15, -0.1) is 0 Å². The Morgan fingerprint density at radius 1 is 1.21 bits per heavy atom. The Morgan fingerprint density at radius 2 is 1.91 bits per heavy atom. The molecule has 0 atom stereocenters. The standard InChI is InChI=1S/C24H25F4N3O2/c1-22(2,3)17-12-18(25)15(10-19(17)33-4)9-16-13-31-8-5-14(11-20(31)29-16)21(32)30-23(6-7-23)24(26,27)28/h5,8,10-13H,6-7,9H2,1-4H3,(H,30,32). The average Bonchev–Trinajstić information content (AvgIpc) is 3.40. The minimum absolute atomic E-state index is 0.0811. The van der Waals surface area contributed by atoms with Gasteiger partial charge in [-0.1, -0.05) is 20.8 Å². The first-order valence-electron chi connectivity index (χ1n) is 10.6. The number of carbonyl (C=O) groups is 1. The molecule has 1 fully saturated rings. The summed E-state index contributed by atoms with van der Waals surface area (Å²) in [5.74, 6) is -0.592. The predicted molar refractivity (Wildman–Crippen MR) is 115 cm³/mol. The van der Waals surface area contributed by atoms with Crippen molar-refractivity contribution in [1.82, 2.24) is 14.7 Å². The van der Waals surface area contributed by atoms with Crippen molar-refractivity contribution >= 4 is 11.6 Å². The van der Waals surface area contributed by atoms with Gasteiger partial charge in [0, 0.05) is 29.9 Å². The molecule has 1 N–H and O–H groups in total. The second-order valence-electron chi connectivity index (χ2n) is 9.52. The summed E-state index contributed by atoms with van der Waals surface area (Å²) in [6.45, 7) is 5.92. The molecule has 176 valence electrons. The zero-order valence-electron chi connectivity index (χ0n) is 18.8. The van der Waals surface area contributed by atoms with Crippen LogP contribution in [0.3, 0.4) is 0 Å². The van der Waals surface area contributed by atoms with Crippen LogP contribution in [0, 0.1) is 5.82 Å². The van der Waals surface area contributed by atoms with Crippen LogP contribution in [-0.2, 0) is 11.8 Å². The topological polar surface area (TPSA) is 55.6 Å². The highest BCUT2D eigenvalue weighted by molar-refractivity contribution is 5.95. The predicted octanol–water partition coefficient (Wildman–Crippen LogP) is 5.20. The third-order valence-electron chi connectivity index (χ3n) is 5.97. The number of rotatable bonds is 5. The van der Waals surface area contributed by atoms with Crippen LogP contribution < -0.4 is 10.1 Å². The van der Waals surface area contributed by atoms with Crippen molar-refractivity contribution in [1.29, 1.82) is 0 Å². The maximum atomic E-state index is 14.8. The quantitative estimate of drug-likeness (QED) is 0.530. The molecule has 3 aromatic rings. The molecule has 0 spiro atoms. The molecule has 2 aromatic heterocycles. The van der Waals surface area contributed by atoms with E-state index < -0.39 is 17.6 Å². The van der Waals surface area contributed by atoms with Crippen LogP contribution in [0.15, 0.2) is 36.7 Å². The normalized spacial score (nSPS) is 15.5. The first-order valence-corrected chi connectivity index (χ1v) is 10.6. The molecule has 1 aliphatic rings. The molecule has 0 aliphatic heterocycles. The fraction of sp³-hybridized carbons (Fsp3) is 0.417. The molecule has 0 saturated heterocycles. The zero-order chi connectivity index (χ0) is 24.2. The molecule has 0 radical (unpaired) electrons. The van der Waals surface area contributed by atoms with E-state index in [1.807, 2.05) is 20.8 Å². The van der Waals surface area contributed by atoms with Gasteiger partial charge >= 0.3 is 6.18 Å². The maximum absolute atomic E-state index is 14.8. The number of benzene rings is 1. The molecule has 1 aromatic carbocycles. The lowest BCUT2D eigenvalue weighted by Crippen LogP contribution is -2.47. The monoisotopic (exact) mass is 463 g/mol. The summed E-state index contributed by atoms with van der Waals surface area (Å²) in [5.41, 5.74) is -0.259. The van der Waals surface area contributed by atoms with Gasteiger partial charge in [0.05, 0.1) is 12.8 Å². The third kappa shape index (κ3) is 4.41. The Labute approximate surface area is 188 Å². The van der Waals surface area contributed by atoms with Crippen LogP contribution in [0.2, 0.25) is 0 Å². The van der Waals surface area contributed by atoms with Crippen LogP contribution in [0.5, 0.6) is 5.75 Å². The lowest BCUT2D eigenvalue weighted by Gasteiger charge is -2.23. The summed E-state index contributed by atoms with van der Waals surface area (Å²) < 4.78 is 61.4.